The lowest BCUT2D eigenvalue weighted by Crippen LogP contribution is -1.65. The van der Waals surface area contributed by atoms with E-state index in [1.165, 1.54) is 0 Å². The van der Waals surface area contributed by atoms with Crippen molar-refractivity contribution < 1.29 is 9.50 Å². The molecule has 0 bridgehead atoms. The number of phenols is 1. The van der Waals surface area contributed by atoms with Crippen LogP contribution in [0.5, 0.6) is 5.75 Å². The molecule has 0 aliphatic carbocycles. The second-order valence-corrected chi connectivity index (χ2v) is 2.51. The third-order valence-corrected chi connectivity index (χ3v) is 1.13. The minimum atomic E-state index is -0.264. The van der Waals surface area contributed by atoms with Gasteiger partial charge in [0.05, 0.1) is 6.67 Å². The minimum Gasteiger partial charge on any atom is -0.508 e. The van der Waals surface area contributed by atoms with Gasteiger partial charge in [0.2, 0.25) is 0 Å². The van der Waals surface area contributed by atoms with E-state index in [4.69, 9.17) is 5.11 Å². The molecule has 0 saturated carbocycles. The van der Waals surface area contributed by atoms with Crippen LogP contribution >= 0.6 is 15.9 Å². The van der Waals surface area contributed by atoms with Gasteiger partial charge in [0.25, 0.3) is 0 Å². The Morgan fingerprint density at radius 3 is 1.91 bits per heavy atom. The first-order chi connectivity index (χ1) is 5.31. The Labute approximate surface area is 74.0 Å². The molecule has 0 atom stereocenters. The summed E-state index contributed by atoms with van der Waals surface area (Å²) in [4.78, 5) is 0. The first kappa shape index (κ1) is 10.4. The molecule has 0 aromatic heterocycles. The van der Waals surface area contributed by atoms with Crippen LogP contribution in [0, 0.1) is 0 Å². The second kappa shape index (κ2) is 7.54. The summed E-state index contributed by atoms with van der Waals surface area (Å²) in [6.45, 7) is -0.264. The Bertz CT molecular complexity index is 165. The van der Waals surface area contributed by atoms with Crippen molar-refractivity contribution in [2.75, 3.05) is 12.0 Å². The lowest BCUT2D eigenvalue weighted by atomic mass is 10.3. The summed E-state index contributed by atoms with van der Waals surface area (Å²) >= 11 is 2.87. The number of alkyl halides is 2. The maximum Gasteiger partial charge on any atom is 0.115 e. The smallest absolute Gasteiger partial charge is 0.115 e. The standard InChI is InChI=1S/C6H6O.C2H4BrF/c7-6-4-2-1-3-5-6;3-1-2-4/h1-5,7H;1-2H2. The molecule has 0 unspecified atom stereocenters. The van der Waals surface area contributed by atoms with Crippen molar-refractivity contribution in [1.82, 2.24) is 0 Å². The molecular formula is C8H10BrFO. The van der Waals surface area contributed by atoms with Gasteiger partial charge in [-0.3, -0.25) is 4.39 Å². The van der Waals surface area contributed by atoms with Gasteiger partial charge in [0.15, 0.2) is 0 Å². The van der Waals surface area contributed by atoms with Crippen molar-refractivity contribution in [1.29, 1.82) is 0 Å². The third kappa shape index (κ3) is 7.33. The minimum absolute atomic E-state index is 0.264. The molecule has 0 aliphatic rings. The fourth-order valence-corrected chi connectivity index (χ4v) is 0.428. The molecule has 0 aliphatic heterocycles. The Balaban J connectivity index is 0.000000218. The van der Waals surface area contributed by atoms with Crippen LogP contribution in [-0.2, 0) is 0 Å². The molecule has 0 heterocycles. The van der Waals surface area contributed by atoms with Gasteiger partial charge < -0.3 is 5.11 Å². The van der Waals surface area contributed by atoms with Gasteiger partial charge in [-0.1, -0.05) is 34.1 Å². The van der Waals surface area contributed by atoms with E-state index in [-0.39, 0.29) is 6.67 Å². The third-order valence-electron chi connectivity index (χ3n) is 0.828. The molecule has 1 N–H and O–H groups in total. The zero-order valence-corrected chi connectivity index (χ0v) is 7.59. The number of benzene rings is 1. The van der Waals surface area contributed by atoms with Crippen molar-refractivity contribution >= 4 is 15.9 Å². The highest BCUT2D eigenvalue weighted by atomic mass is 79.9. The predicted molar refractivity (Wildman–Crippen MR) is 47.9 cm³/mol. The Morgan fingerprint density at radius 2 is 1.73 bits per heavy atom. The van der Waals surface area contributed by atoms with Gasteiger partial charge in [-0.25, -0.2) is 0 Å². The van der Waals surface area contributed by atoms with E-state index in [2.05, 4.69) is 15.9 Å². The monoisotopic (exact) mass is 220 g/mol. The van der Waals surface area contributed by atoms with Crippen molar-refractivity contribution in [3.63, 3.8) is 0 Å². The van der Waals surface area contributed by atoms with Crippen LogP contribution in [0.1, 0.15) is 0 Å². The van der Waals surface area contributed by atoms with Crippen LogP contribution in [0.2, 0.25) is 0 Å². The Kier molecular flexibility index (Phi) is 7.15. The van der Waals surface area contributed by atoms with Crippen molar-refractivity contribution in [3.05, 3.63) is 30.3 Å². The number of hydrogen-bond donors (Lipinski definition) is 1. The van der Waals surface area contributed by atoms with Gasteiger partial charge in [0, 0.05) is 5.33 Å². The summed E-state index contributed by atoms with van der Waals surface area (Å²) in [7, 11) is 0. The summed E-state index contributed by atoms with van der Waals surface area (Å²) in [5, 5.41) is 9.10. The largest absolute Gasteiger partial charge is 0.508 e. The SMILES string of the molecule is FCCBr.Oc1ccccc1. The Morgan fingerprint density at radius 1 is 1.27 bits per heavy atom. The van der Waals surface area contributed by atoms with E-state index in [1.807, 2.05) is 6.07 Å². The average molecular weight is 221 g/mol. The second-order valence-electron chi connectivity index (χ2n) is 1.71. The predicted octanol–water partition coefficient (Wildman–Crippen LogP) is 2.74. The average Bonchev–Trinajstić information content (AvgIpc) is 2.07. The number of phenolic OH excluding ortho intramolecular Hbond substituents is 1. The highest BCUT2D eigenvalue weighted by Crippen LogP contribution is 2.02. The summed E-state index contributed by atoms with van der Waals surface area (Å²) in [6, 6.07) is 8.71. The molecule has 62 valence electrons. The first-order valence-corrected chi connectivity index (χ1v) is 4.29. The molecule has 0 fully saturated rings. The summed E-state index contributed by atoms with van der Waals surface area (Å²) in [5.74, 6) is 0.322. The quantitative estimate of drug-likeness (QED) is 0.723. The fraction of sp³-hybridized carbons (Fsp3) is 0.250. The molecule has 1 aromatic rings. The van der Waals surface area contributed by atoms with E-state index in [0.29, 0.717) is 11.1 Å². The first-order valence-electron chi connectivity index (χ1n) is 3.17. The Hall–Kier alpha value is -0.570. The van der Waals surface area contributed by atoms with E-state index < -0.39 is 0 Å². The maximum absolute atomic E-state index is 10.7. The van der Waals surface area contributed by atoms with E-state index in [1.54, 1.807) is 24.3 Å². The lowest BCUT2D eigenvalue weighted by molar-refractivity contribution is 0.475. The van der Waals surface area contributed by atoms with Gasteiger partial charge in [-0.15, -0.1) is 0 Å². The highest BCUT2D eigenvalue weighted by Gasteiger charge is 1.74. The van der Waals surface area contributed by atoms with Crippen molar-refractivity contribution in [2.45, 2.75) is 0 Å². The molecule has 0 saturated heterocycles. The number of para-hydroxylation sites is 1. The highest BCUT2D eigenvalue weighted by molar-refractivity contribution is 9.09. The molecule has 3 heteroatoms. The van der Waals surface area contributed by atoms with Crippen LogP contribution in [0.4, 0.5) is 4.39 Å². The topological polar surface area (TPSA) is 20.2 Å². The zero-order chi connectivity index (χ0) is 8.53. The van der Waals surface area contributed by atoms with Gasteiger partial charge in [-0.2, -0.15) is 0 Å². The number of aromatic hydroxyl groups is 1. The summed E-state index contributed by atoms with van der Waals surface area (Å²) in [6.07, 6.45) is 0. The molecule has 11 heavy (non-hydrogen) atoms. The molecule has 1 rings (SSSR count). The van der Waals surface area contributed by atoms with Crippen molar-refractivity contribution in [2.24, 2.45) is 0 Å². The van der Waals surface area contributed by atoms with Gasteiger partial charge in [-0.05, 0) is 12.1 Å². The normalized spacial score (nSPS) is 8.18. The van der Waals surface area contributed by atoms with Crippen LogP contribution in [0.15, 0.2) is 30.3 Å². The van der Waals surface area contributed by atoms with Gasteiger partial charge in [0.1, 0.15) is 5.75 Å². The van der Waals surface area contributed by atoms with E-state index >= 15 is 0 Å². The number of rotatable bonds is 1. The molecule has 0 spiro atoms. The summed E-state index contributed by atoms with van der Waals surface area (Å²) < 4.78 is 10.7. The molecular weight excluding hydrogens is 211 g/mol. The number of hydrogen-bond acceptors (Lipinski definition) is 1. The number of halogens is 2. The molecule has 0 radical (unpaired) electrons. The molecule has 1 nitrogen and oxygen atoms in total. The van der Waals surface area contributed by atoms with Crippen LogP contribution in [0.25, 0.3) is 0 Å². The van der Waals surface area contributed by atoms with Crippen LogP contribution < -0.4 is 0 Å². The molecule has 0 amide bonds. The summed E-state index contributed by atoms with van der Waals surface area (Å²) in [5.41, 5.74) is 0. The van der Waals surface area contributed by atoms with Crippen LogP contribution in [0.3, 0.4) is 0 Å². The van der Waals surface area contributed by atoms with E-state index in [9.17, 15) is 4.39 Å². The van der Waals surface area contributed by atoms with E-state index in [0.717, 1.165) is 0 Å². The molecule has 1 aromatic carbocycles. The fourth-order valence-electron chi connectivity index (χ4n) is 0.428. The maximum atomic E-state index is 10.7. The lowest BCUT2D eigenvalue weighted by Gasteiger charge is -1.82. The zero-order valence-electron chi connectivity index (χ0n) is 6.00. The van der Waals surface area contributed by atoms with Crippen molar-refractivity contribution in [3.8, 4) is 5.75 Å². The van der Waals surface area contributed by atoms with Crippen LogP contribution in [-0.4, -0.2) is 17.1 Å². The van der Waals surface area contributed by atoms with Gasteiger partial charge >= 0.3 is 0 Å².